The van der Waals surface area contributed by atoms with Crippen LogP contribution >= 0.6 is 11.6 Å². The van der Waals surface area contributed by atoms with Gasteiger partial charge < -0.3 is 5.32 Å². The molecule has 8 heteroatoms. The van der Waals surface area contributed by atoms with Crippen LogP contribution in [-0.4, -0.2) is 34.3 Å². The summed E-state index contributed by atoms with van der Waals surface area (Å²) >= 11 is 5.75. The van der Waals surface area contributed by atoms with Gasteiger partial charge in [0.1, 0.15) is 0 Å². The summed E-state index contributed by atoms with van der Waals surface area (Å²) in [5, 5.41) is 12.7. The van der Waals surface area contributed by atoms with Crippen molar-refractivity contribution in [2.45, 2.75) is 0 Å². The highest BCUT2D eigenvalue weighted by molar-refractivity contribution is 6.30. The molecule has 0 bridgehead atoms. The van der Waals surface area contributed by atoms with Gasteiger partial charge in [-0.15, -0.1) is 9.89 Å². The molecular weight excluding hydrogens is 270 g/mol. The standard InChI is InChI=1S/C11H10ClN5O2/c1-13-10(18)9-11(19)17(16-15-9)14-6-7-2-4-8(12)5-3-7/h2-6,16H,1H3,(H,13,18)/b14-6+. The molecule has 7 nitrogen and oxygen atoms in total. The molecule has 1 aromatic carbocycles. The fourth-order valence-corrected chi connectivity index (χ4v) is 1.43. The number of rotatable bonds is 3. The monoisotopic (exact) mass is 279 g/mol. The van der Waals surface area contributed by atoms with Crippen LogP contribution in [0.3, 0.4) is 0 Å². The molecule has 0 spiro atoms. The van der Waals surface area contributed by atoms with Gasteiger partial charge in [-0.2, -0.15) is 10.3 Å². The predicted octanol–water partition coefficient (Wildman–Crippen LogP) is 0.467. The Balaban J connectivity index is 2.25. The van der Waals surface area contributed by atoms with Gasteiger partial charge in [0.15, 0.2) is 0 Å². The Hall–Kier alpha value is -2.41. The van der Waals surface area contributed by atoms with Crippen molar-refractivity contribution in [1.82, 2.24) is 20.4 Å². The second-order valence-corrected chi connectivity index (χ2v) is 3.99. The van der Waals surface area contributed by atoms with E-state index in [0.29, 0.717) is 5.02 Å². The van der Waals surface area contributed by atoms with Crippen molar-refractivity contribution in [3.05, 3.63) is 50.9 Å². The zero-order chi connectivity index (χ0) is 13.8. The number of hydrogen-bond acceptors (Lipinski definition) is 4. The highest BCUT2D eigenvalue weighted by Gasteiger charge is 2.14. The number of nitrogens with one attached hydrogen (secondary N) is 2. The van der Waals surface area contributed by atoms with Gasteiger partial charge in [-0.1, -0.05) is 23.7 Å². The highest BCUT2D eigenvalue weighted by atomic mass is 35.5. The van der Waals surface area contributed by atoms with Crippen molar-refractivity contribution in [2.75, 3.05) is 7.05 Å². The lowest BCUT2D eigenvalue weighted by Crippen LogP contribution is -2.26. The number of aromatic amines is 1. The average Bonchev–Trinajstić information content (AvgIpc) is 2.79. The third kappa shape index (κ3) is 2.89. The zero-order valence-electron chi connectivity index (χ0n) is 9.92. The number of carbonyl (C=O) groups is 1. The zero-order valence-corrected chi connectivity index (χ0v) is 10.7. The Morgan fingerprint density at radius 3 is 2.79 bits per heavy atom. The topological polar surface area (TPSA) is 92.1 Å². The second kappa shape index (κ2) is 5.49. The van der Waals surface area contributed by atoms with Crippen molar-refractivity contribution < 1.29 is 4.79 Å². The number of benzene rings is 1. The van der Waals surface area contributed by atoms with Crippen molar-refractivity contribution >= 4 is 23.7 Å². The van der Waals surface area contributed by atoms with Crippen molar-refractivity contribution in [2.24, 2.45) is 5.10 Å². The lowest BCUT2D eigenvalue weighted by atomic mass is 10.2. The van der Waals surface area contributed by atoms with Gasteiger partial charge in [-0.05, 0) is 17.7 Å². The molecule has 2 rings (SSSR count). The first-order valence-corrected chi connectivity index (χ1v) is 5.69. The van der Waals surface area contributed by atoms with Gasteiger partial charge in [-0.3, -0.25) is 9.59 Å². The average molecular weight is 280 g/mol. The van der Waals surface area contributed by atoms with Crippen LogP contribution < -0.4 is 10.9 Å². The van der Waals surface area contributed by atoms with E-state index in [1.165, 1.54) is 13.3 Å². The van der Waals surface area contributed by atoms with Gasteiger partial charge in [0.25, 0.3) is 5.91 Å². The molecule has 0 aliphatic rings. The normalized spacial score (nSPS) is 10.8. The van der Waals surface area contributed by atoms with Crippen LogP contribution in [-0.2, 0) is 0 Å². The number of H-pyrrole nitrogens is 1. The molecular formula is C11H10ClN5O2. The van der Waals surface area contributed by atoms with E-state index in [1.807, 2.05) is 0 Å². The van der Waals surface area contributed by atoms with E-state index in [0.717, 1.165) is 10.4 Å². The first-order chi connectivity index (χ1) is 9.11. The molecule has 0 saturated carbocycles. The van der Waals surface area contributed by atoms with E-state index in [2.05, 4.69) is 20.7 Å². The highest BCUT2D eigenvalue weighted by Crippen LogP contribution is 2.07. The smallest absolute Gasteiger partial charge is 0.320 e. The minimum Gasteiger partial charge on any atom is -0.354 e. The first-order valence-electron chi connectivity index (χ1n) is 5.31. The Bertz CT molecular complexity index is 671. The Morgan fingerprint density at radius 2 is 2.16 bits per heavy atom. The number of amides is 1. The maximum Gasteiger partial charge on any atom is 0.320 e. The van der Waals surface area contributed by atoms with Crippen LogP contribution in [0.4, 0.5) is 0 Å². The molecule has 1 amide bonds. The fourth-order valence-electron chi connectivity index (χ4n) is 1.31. The molecule has 0 saturated heterocycles. The van der Waals surface area contributed by atoms with Crippen LogP contribution in [0.2, 0.25) is 5.02 Å². The van der Waals surface area contributed by atoms with Crippen LogP contribution in [0.1, 0.15) is 16.1 Å². The molecule has 98 valence electrons. The SMILES string of the molecule is CNC(=O)c1n[nH]n(/N=C/c2ccc(Cl)cc2)c1=O. The number of hydrogen-bond donors (Lipinski definition) is 2. The third-order valence-corrected chi connectivity index (χ3v) is 2.54. The predicted molar refractivity (Wildman–Crippen MR) is 70.7 cm³/mol. The maximum atomic E-state index is 11.7. The molecule has 0 fully saturated rings. The van der Waals surface area contributed by atoms with Crippen LogP contribution in [0.25, 0.3) is 0 Å². The maximum absolute atomic E-state index is 11.7. The summed E-state index contributed by atoms with van der Waals surface area (Å²) in [5.74, 6) is -0.568. The molecule has 0 aliphatic carbocycles. The summed E-state index contributed by atoms with van der Waals surface area (Å²) < 4.78 is 0. The van der Waals surface area contributed by atoms with Crippen LogP contribution in [0.5, 0.6) is 0 Å². The quantitative estimate of drug-likeness (QED) is 0.800. The van der Waals surface area contributed by atoms with E-state index in [1.54, 1.807) is 24.3 Å². The molecule has 1 heterocycles. The Morgan fingerprint density at radius 1 is 1.47 bits per heavy atom. The van der Waals surface area contributed by atoms with Gasteiger partial charge >= 0.3 is 5.56 Å². The number of nitrogens with zero attached hydrogens (tertiary/aromatic N) is 3. The van der Waals surface area contributed by atoms with E-state index in [-0.39, 0.29) is 5.69 Å². The number of halogens is 1. The number of aromatic nitrogens is 3. The molecule has 1 aromatic heterocycles. The van der Waals surface area contributed by atoms with Gasteiger partial charge in [-0.25, -0.2) is 0 Å². The van der Waals surface area contributed by atoms with Crippen molar-refractivity contribution in [3.63, 3.8) is 0 Å². The van der Waals surface area contributed by atoms with Gasteiger partial charge in [0, 0.05) is 12.1 Å². The van der Waals surface area contributed by atoms with E-state index < -0.39 is 11.5 Å². The van der Waals surface area contributed by atoms with Gasteiger partial charge in [0.2, 0.25) is 5.69 Å². The summed E-state index contributed by atoms with van der Waals surface area (Å²) in [7, 11) is 1.41. The lowest BCUT2D eigenvalue weighted by Gasteiger charge is -1.93. The molecule has 19 heavy (non-hydrogen) atoms. The second-order valence-electron chi connectivity index (χ2n) is 3.55. The molecule has 2 aromatic rings. The summed E-state index contributed by atoms with van der Waals surface area (Å²) in [6, 6.07) is 6.89. The van der Waals surface area contributed by atoms with Crippen LogP contribution in [0.15, 0.2) is 34.2 Å². The molecule has 0 aliphatic heterocycles. The summed E-state index contributed by atoms with van der Waals surface area (Å²) in [4.78, 5) is 23.9. The minimum absolute atomic E-state index is 0.240. The van der Waals surface area contributed by atoms with E-state index in [9.17, 15) is 9.59 Å². The molecule has 0 atom stereocenters. The van der Waals surface area contributed by atoms with Gasteiger partial charge in [0.05, 0.1) is 6.21 Å². The fraction of sp³-hybridized carbons (Fsp3) is 0.0909. The molecule has 0 unspecified atom stereocenters. The summed E-state index contributed by atoms with van der Waals surface area (Å²) in [6.07, 6.45) is 1.45. The van der Waals surface area contributed by atoms with Crippen LogP contribution in [0, 0.1) is 0 Å². The number of carbonyl (C=O) groups excluding carboxylic acids is 1. The largest absolute Gasteiger partial charge is 0.354 e. The van der Waals surface area contributed by atoms with E-state index in [4.69, 9.17) is 11.6 Å². The van der Waals surface area contributed by atoms with Crippen molar-refractivity contribution in [3.8, 4) is 0 Å². The summed E-state index contributed by atoms with van der Waals surface area (Å²) in [6.45, 7) is 0. The van der Waals surface area contributed by atoms with Crippen molar-refractivity contribution in [1.29, 1.82) is 0 Å². The third-order valence-electron chi connectivity index (χ3n) is 2.29. The minimum atomic E-state index is -0.621. The Labute approximate surface area is 112 Å². The Kier molecular flexibility index (Phi) is 3.76. The molecule has 2 N–H and O–H groups in total. The molecule has 0 radical (unpaired) electrons. The lowest BCUT2D eigenvalue weighted by molar-refractivity contribution is 0.0957. The van der Waals surface area contributed by atoms with E-state index >= 15 is 0 Å². The summed E-state index contributed by atoms with van der Waals surface area (Å²) in [5.41, 5.74) is -0.104. The first kappa shape index (κ1) is 13.0.